The number of nitrogens with one attached hydrogen (secondary N) is 1. The number of amides is 1. The molecular weight excluding hydrogens is 396 g/mol. The highest BCUT2D eigenvalue weighted by Gasteiger charge is 2.10. The van der Waals surface area contributed by atoms with E-state index in [1.54, 1.807) is 6.33 Å². The number of thioether (sulfide) groups is 1. The van der Waals surface area contributed by atoms with Crippen LogP contribution in [0.15, 0.2) is 90.3 Å². The van der Waals surface area contributed by atoms with Gasteiger partial charge >= 0.3 is 0 Å². The van der Waals surface area contributed by atoms with Crippen molar-refractivity contribution in [3.63, 3.8) is 0 Å². The SMILES string of the molecule is Cc1ccc(-n2cnnc2SCC(=O)Nc2ccc(Oc3ccccc3)cc2)cc1. The number of ether oxygens (including phenoxy) is 1. The molecule has 6 nitrogen and oxygen atoms in total. The number of benzene rings is 3. The van der Waals surface area contributed by atoms with Crippen LogP contribution in [0.5, 0.6) is 11.5 Å². The van der Waals surface area contributed by atoms with E-state index < -0.39 is 0 Å². The molecule has 3 aromatic carbocycles. The summed E-state index contributed by atoms with van der Waals surface area (Å²) in [5.74, 6) is 1.59. The van der Waals surface area contributed by atoms with Crippen molar-refractivity contribution >= 4 is 23.4 Å². The Morgan fingerprint density at radius 1 is 0.967 bits per heavy atom. The molecule has 1 aromatic heterocycles. The Morgan fingerprint density at radius 2 is 1.67 bits per heavy atom. The Bertz CT molecular complexity index is 1110. The molecule has 30 heavy (non-hydrogen) atoms. The highest BCUT2D eigenvalue weighted by molar-refractivity contribution is 7.99. The Morgan fingerprint density at radius 3 is 2.40 bits per heavy atom. The van der Waals surface area contributed by atoms with Gasteiger partial charge in [-0.05, 0) is 55.5 Å². The zero-order valence-electron chi connectivity index (χ0n) is 16.4. The predicted molar refractivity (Wildman–Crippen MR) is 118 cm³/mol. The van der Waals surface area contributed by atoms with E-state index in [2.05, 4.69) is 15.5 Å². The van der Waals surface area contributed by atoms with Crippen molar-refractivity contribution in [2.45, 2.75) is 12.1 Å². The van der Waals surface area contributed by atoms with Gasteiger partial charge in [-0.25, -0.2) is 0 Å². The van der Waals surface area contributed by atoms with Gasteiger partial charge in [-0.3, -0.25) is 9.36 Å². The van der Waals surface area contributed by atoms with Crippen LogP contribution in [0.1, 0.15) is 5.56 Å². The van der Waals surface area contributed by atoms with Crippen LogP contribution in [-0.4, -0.2) is 26.4 Å². The van der Waals surface area contributed by atoms with Crippen LogP contribution in [0.4, 0.5) is 5.69 Å². The number of carbonyl (C=O) groups excluding carboxylic acids is 1. The van der Waals surface area contributed by atoms with E-state index in [0.29, 0.717) is 16.6 Å². The maximum absolute atomic E-state index is 12.4. The summed E-state index contributed by atoms with van der Waals surface area (Å²) in [5.41, 5.74) is 2.85. The molecule has 0 radical (unpaired) electrons. The third-order valence-corrected chi connectivity index (χ3v) is 5.22. The molecule has 4 aromatic rings. The van der Waals surface area contributed by atoms with Crippen molar-refractivity contribution in [1.29, 1.82) is 0 Å². The van der Waals surface area contributed by atoms with Gasteiger partial charge in [-0.15, -0.1) is 10.2 Å². The zero-order chi connectivity index (χ0) is 20.8. The highest BCUT2D eigenvalue weighted by atomic mass is 32.2. The Labute approximate surface area is 178 Å². The van der Waals surface area contributed by atoms with Crippen molar-refractivity contribution < 1.29 is 9.53 Å². The summed E-state index contributed by atoms with van der Waals surface area (Å²) >= 11 is 1.34. The molecular formula is C23H20N4O2S. The number of anilines is 1. The molecule has 0 aliphatic carbocycles. The lowest BCUT2D eigenvalue weighted by Crippen LogP contribution is -2.14. The van der Waals surface area contributed by atoms with Gasteiger partial charge in [0.15, 0.2) is 5.16 Å². The fourth-order valence-corrected chi connectivity index (χ4v) is 3.49. The molecule has 0 aliphatic rings. The molecule has 0 saturated heterocycles. The summed E-state index contributed by atoms with van der Waals surface area (Å²) in [4.78, 5) is 12.4. The van der Waals surface area contributed by atoms with Crippen molar-refractivity contribution in [2.24, 2.45) is 0 Å². The number of carbonyl (C=O) groups is 1. The van der Waals surface area contributed by atoms with E-state index >= 15 is 0 Å². The Balaban J connectivity index is 1.32. The third-order valence-electron chi connectivity index (χ3n) is 4.28. The lowest BCUT2D eigenvalue weighted by Gasteiger charge is -2.09. The van der Waals surface area contributed by atoms with Gasteiger partial charge < -0.3 is 10.1 Å². The van der Waals surface area contributed by atoms with E-state index in [-0.39, 0.29) is 11.7 Å². The first kappa shape index (κ1) is 19.7. The van der Waals surface area contributed by atoms with E-state index in [9.17, 15) is 4.79 Å². The minimum atomic E-state index is -0.116. The monoisotopic (exact) mass is 416 g/mol. The summed E-state index contributed by atoms with van der Waals surface area (Å²) in [7, 11) is 0. The van der Waals surface area contributed by atoms with E-state index in [0.717, 1.165) is 11.4 Å². The zero-order valence-corrected chi connectivity index (χ0v) is 17.2. The fraction of sp³-hybridized carbons (Fsp3) is 0.0870. The molecule has 4 rings (SSSR count). The number of hydrogen-bond acceptors (Lipinski definition) is 5. The summed E-state index contributed by atoms with van der Waals surface area (Å²) in [6, 6.07) is 24.9. The molecule has 150 valence electrons. The van der Waals surface area contributed by atoms with E-state index in [4.69, 9.17) is 4.74 Å². The molecule has 0 fully saturated rings. The quantitative estimate of drug-likeness (QED) is 0.425. The maximum Gasteiger partial charge on any atom is 0.234 e. The first-order chi connectivity index (χ1) is 14.7. The van der Waals surface area contributed by atoms with Crippen LogP contribution >= 0.6 is 11.8 Å². The minimum Gasteiger partial charge on any atom is -0.457 e. The number of nitrogens with zero attached hydrogens (tertiary/aromatic N) is 3. The number of hydrogen-bond donors (Lipinski definition) is 1. The second-order valence-corrected chi connectivity index (χ2v) is 7.54. The second-order valence-electron chi connectivity index (χ2n) is 6.60. The summed E-state index contributed by atoms with van der Waals surface area (Å²) in [6.45, 7) is 2.04. The Hall–Kier alpha value is -3.58. The standard InChI is InChI=1S/C23H20N4O2S/c1-17-7-11-19(12-8-17)27-16-24-26-23(27)30-15-22(28)25-18-9-13-21(14-10-18)29-20-5-3-2-4-6-20/h2-14,16H,15H2,1H3,(H,25,28). The molecule has 0 saturated carbocycles. The number of aryl methyl sites for hydroxylation is 1. The lowest BCUT2D eigenvalue weighted by molar-refractivity contribution is -0.113. The van der Waals surface area contributed by atoms with E-state index in [1.165, 1.54) is 17.3 Å². The second kappa shape index (κ2) is 9.28. The first-order valence-corrected chi connectivity index (χ1v) is 10.4. The highest BCUT2D eigenvalue weighted by Crippen LogP contribution is 2.23. The lowest BCUT2D eigenvalue weighted by atomic mass is 10.2. The summed E-state index contributed by atoms with van der Waals surface area (Å²) in [5, 5.41) is 11.7. The van der Waals surface area contributed by atoms with Crippen LogP contribution in [0.25, 0.3) is 5.69 Å². The van der Waals surface area contributed by atoms with E-state index in [1.807, 2.05) is 90.4 Å². The van der Waals surface area contributed by atoms with Crippen LogP contribution in [0.3, 0.4) is 0 Å². The van der Waals surface area contributed by atoms with Gasteiger partial charge in [-0.2, -0.15) is 0 Å². The maximum atomic E-state index is 12.4. The third kappa shape index (κ3) is 5.07. The Kier molecular flexibility index (Phi) is 6.10. The van der Waals surface area contributed by atoms with Crippen molar-refractivity contribution in [1.82, 2.24) is 14.8 Å². The van der Waals surface area contributed by atoms with Crippen LogP contribution in [-0.2, 0) is 4.79 Å². The number of para-hydroxylation sites is 1. The number of rotatable bonds is 7. The molecule has 1 heterocycles. The van der Waals surface area contributed by atoms with Crippen molar-refractivity contribution in [3.05, 3.63) is 90.8 Å². The molecule has 0 atom stereocenters. The predicted octanol–water partition coefficient (Wildman–Crippen LogP) is 5.10. The van der Waals surface area contributed by atoms with Crippen molar-refractivity contribution in [3.8, 4) is 17.2 Å². The van der Waals surface area contributed by atoms with Gasteiger partial charge in [-0.1, -0.05) is 47.7 Å². The number of aromatic nitrogens is 3. The molecule has 0 spiro atoms. The molecule has 7 heteroatoms. The molecule has 0 aliphatic heterocycles. The van der Waals surface area contributed by atoms with Crippen molar-refractivity contribution in [2.75, 3.05) is 11.1 Å². The van der Waals surface area contributed by atoms with Crippen LogP contribution < -0.4 is 10.1 Å². The van der Waals surface area contributed by atoms with Gasteiger partial charge in [0.1, 0.15) is 17.8 Å². The largest absolute Gasteiger partial charge is 0.457 e. The van der Waals surface area contributed by atoms with Gasteiger partial charge in [0.25, 0.3) is 0 Å². The van der Waals surface area contributed by atoms with Gasteiger partial charge in [0, 0.05) is 11.4 Å². The molecule has 0 unspecified atom stereocenters. The van der Waals surface area contributed by atoms with Crippen LogP contribution in [0.2, 0.25) is 0 Å². The smallest absolute Gasteiger partial charge is 0.234 e. The minimum absolute atomic E-state index is 0.116. The molecule has 1 amide bonds. The first-order valence-electron chi connectivity index (χ1n) is 9.40. The molecule has 0 bridgehead atoms. The average Bonchev–Trinajstić information content (AvgIpc) is 3.24. The van der Waals surface area contributed by atoms with Crippen LogP contribution in [0, 0.1) is 6.92 Å². The topological polar surface area (TPSA) is 69.0 Å². The summed E-state index contributed by atoms with van der Waals surface area (Å²) < 4.78 is 7.63. The van der Waals surface area contributed by atoms with Gasteiger partial charge in [0.2, 0.25) is 5.91 Å². The summed E-state index contributed by atoms with van der Waals surface area (Å²) in [6.07, 6.45) is 1.65. The fourth-order valence-electron chi connectivity index (χ4n) is 2.76. The normalized spacial score (nSPS) is 10.6. The van der Waals surface area contributed by atoms with Gasteiger partial charge in [0.05, 0.1) is 5.75 Å². The molecule has 1 N–H and O–H groups in total. The average molecular weight is 417 g/mol.